The van der Waals surface area contributed by atoms with Crippen molar-refractivity contribution in [2.45, 2.75) is 19.9 Å². The molecule has 3 N–H and O–H groups in total. The largest absolute Gasteiger partial charge is 0.399 e. The minimum Gasteiger partial charge on any atom is -0.399 e. The van der Waals surface area contributed by atoms with E-state index >= 15 is 0 Å². The molecule has 0 bridgehead atoms. The van der Waals surface area contributed by atoms with Gasteiger partial charge >= 0.3 is 0 Å². The van der Waals surface area contributed by atoms with Crippen LogP contribution in [0.3, 0.4) is 0 Å². The Labute approximate surface area is 117 Å². The van der Waals surface area contributed by atoms with E-state index in [4.69, 9.17) is 5.73 Å². The highest BCUT2D eigenvalue weighted by Gasteiger charge is 2.12. The van der Waals surface area contributed by atoms with Gasteiger partial charge in [-0.2, -0.15) is 0 Å². The first-order valence-electron chi connectivity index (χ1n) is 6.40. The molecule has 0 aliphatic heterocycles. The Morgan fingerprint density at radius 3 is 2.65 bits per heavy atom. The zero-order chi connectivity index (χ0) is 14.7. The van der Waals surface area contributed by atoms with Crippen LogP contribution in [0.5, 0.6) is 0 Å². The van der Waals surface area contributed by atoms with Gasteiger partial charge < -0.3 is 11.1 Å². The molecule has 0 saturated heterocycles. The van der Waals surface area contributed by atoms with Gasteiger partial charge in [-0.25, -0.2) is 4.39 Å². The Balaban J connectivity index is 2.13. The second-order valence-electron chi connectivity index (χ2n) is 4.83. The number of carbonyl (C=O) groups excluding carboxylic acids is 1. The summed E-state index contributed by atoms with van der Waals surface area (Å²) in [5, 5.41) is 2.83. The molecular formula is C16H17FN2O. The van der Waals surface area contributed by atoms with Gasteiger partial charge in [-0.05, 0) is 49.2 Å². The summed E-state index contributed by atoms with van der Waals surface area (Å²) in [5.41, 5.74) is 7.98. The Kier molecular flexibility index (Phi) is 4.03. The molecule has 1 atom stereocenters. The molecule has 0 aliphatic carbocycles. The van der Waals surface area contributed by atoms with Crippen LogP contribution in [-0.4, -0.2) is 5.91 Å². The maximum Gasteiger partial charge on any atom is 0.251 e. The van der Waals surface area contributed by atoms with Crippen molar-refractivity contribution in [1.29, 1.82) is 0 Å². The van der Waals surface area contributed by atoms with Gasteiger partial charge in [0.05, 0.1) is 6.04 Å². The zero-order valence-electron chi connectivity index (χ0n) is 11.5. The van der Waals surface area contributed by atoms with Gasteiger partial charge in [0, 0.05) is 11.3 Å². The number of carbonyl (C=O) groups is 1. The van der Waals surface area contributed by atoms with Crippen LogP contribution in [0.15, 0.2) is 42.5 Å². The predicted molar refractivity (Wildman–Crippen MR) is 77.9 cm³/mol. The Hall–Kier alpha value is -2.36. The maximum absolute atomic E-state index is 13.5. The van der Waals surface area contributed by atoms with Gasteiger partial charge in [-0.3, -0.25) is 4.79 Å². The standard InChI is InChI=1S/C16H17FN2O/c1-10-6-7-12(9-15(10)17)11(2)19-16(20)13-4-3-5-14(18)8-13/h3-9,11H,18H2,1-2H3,(H,19,20). The van der Waals surface area contributed by atoms with Crippen LogP contribution < -0.4 is 11.1 Å². The summed E-state index contributed by atoms with van der Waals surface area (Å²) in [4.78, 5) is 12.1. The van der Waals surface area contributed by atoms with E-state index in [1.165, 1.54) is 6.07 Å². The number of nitrogen functional groups attached to an aromatic ring is 1. The first-order chi connectivity index (χ1) is 9.47. The fourth-order valence-electron chi connectivity index (χ4n) is 1.92. The summed E-state index contributed by atoms with van der Waals surface area (Å²) in [5.74, 6) is -0.502. The van der Waals surface area contributed by atoms with Crippen molar-refractivity contribution in [3.63, 3.8) is 0 Å². The number of amides is 1. The highest BCUT2D eigenvalue weighted by atomic mass is 19.1. The number of halogens is 1. The number of hydrogen-bond donors (Lipinski definition) is 2. The van der Waals surface area contributed by atoms with Gasteiger partial charge in [0.25, 0.3) is 5.91 Å². The molecule has 0 aromatic heterocycles. The van der Waals surface area contributed by atoms with Crippen LogP contribution in [0, 0.1) is 12.7 Å². The molecule has 0 heterocycles. The normalized spacial score (nSPS) is 11.9. The molecule has 0 fully saturated rings. The van der Waals surface area contributed by atoms with Crippen molar-refractivity contribution < 1.29 is 9.18 Å². The van der Waals surface area contributed by atoms with Crippen LogP contribution >= 0.6 is 0 Å². The Morgan fingerprint density at radius 1 is 1.25 bits per heavy atom. The van der Waals surface area contributed by atoms with Crippen molar-refractivity contribution in [2.75, 3.05) is 5.73 Å². The third kappa shape index (κ3) is 3.15. The van der Waals surface area contributed by atoms with E-state index in [0.29, 0.717) is 16.8 Å². The van der Waals surface area contributed by atoms with Crippen LogP contribution in [0.4, 0.5) is 10.1 Å². The highest BCUT2D eigenvalue weighted by molar-refractivity contribution is 5.95. The summed E-state index contributed by atoms with van der Waals surface area (Å²) in [6.45, 7) is 3.52. The summed E-state index contributed by atoms with van der Waals surface area (Å²) < 4.78 is 13.5. The molecule has 2 aromatic rings. The first-order valence-corrected chi connectivity index (χ1v) is 6.40. The van der Waals surface area contributed by atoms with Gasteiger partial charge in [0.1, 0.15) is 5.82 Å². The number of rotatable bonds is 3. The third-order valence-corrected chi connectivity index (χ3v) is 3.19. The summed E-state index contributed by atoms with van der Waals surface area (Å²) >= 11 is 0. The third-order valence-electron chi connectivity index (χ3n) is 3.19. The van der Waals surface area contributed by atoms with E-state index in [2.05, 4.69) is 5.32 Å². The minimum atomic E-state index is -0.279. The van der Waals surface area contributed by atoms with Crippen LogP contribution in [0.2, 0.25) is 0 Å². The van der Waals surface area contributed by atoms with Crippen molar-refractivity contribution in [3.05, 3.63) is 65.0 Å². The van der Waals surface area contributed by atoms with E-state index in [1.807, 2.05) is 13.0 Å². The molecule has 20 heavy (non-hydrogen) atoms. The van der Waals surface area contributed by atoms with E-state index in [9.17, 15) is 9.18 Å². The van der Waals surface area contributed by atoms with E-state index in [1.54, 1.807) is 37.3 Å². The number of anilines is 1. The second kappa shape index (κ2) is 5.74. The van der Waals surface area contributed by atoms with Crippen molar-refractivity contribution >= 4 is 11.6 Å². The molecule has 104 valence electrons. The molecule has 0 aliphatic rings. The number of hydrogen-bond acceptors (Lipinski definition) is 2. The number of nitrogens with one attached hydrogen (secondary N) is 1. The smallest absolute Gasteiger partial charge is 0.251 e. The lowest BCUT2D eigenvalue weighted by molar-refractivity contribution is 0.0940. The zero-order valence-corrected chi connectivity index (χ0v) is 11.5. The minimum absolute atomic E-state index is 0.231. The lowest BCUT2D eigenvalue weighted by Gasteiger charge is -2.15. The van der Waals surface area contributed by atoms with E-state index < -0.39 is 0 Å². The average molecular weight is 272 g/mol. The van der Waals surface area contributed by atoms with Gasteiger partial charge in [0.2, 0.25) is 0 Å². The van der Waals surface area contributed by atoms with Crippen molar-refractivity contribution in [2.24, 2.45) is 0 Å². The summed E-state index contributed by atoms with van der Waals surface area (Å²) in [7, 11) is 0. The molecule has 3 nitrogen and oxygen atoms in total. The topological polar surface area (TPSA) is 55.1 Å². The fourth-order valence-corrected chi connectivity index (χ4v) is 1.92. The molecule has 1 unspecified atom stereocenters. The first kappa shape index (κ1) is 14.1. The predicted octanol–water partition coefficient (Wildman–Crippen LogP) is 3.21. The number of aryl methyl sites for hydroxylation is 1. The van der Waals surface area contributed by atoms with Crippen molar-refractivity contribution in [1.82, 2.24) is 5.32 Å². The maximum atomic E-state index is 13.5. The SMILES string of the molecule is Cc1ccc(C(C)NC(=O)c2cccc(N)c2)cc1F. The van der Waals surface area contributed by atoms with Gasteiger partial charge in [-0.15, -0.1) is 0 Å². The monoisotopic (exact) mass is 272 g/mol. The number of nitrogens with two attached hydrogens (primary N) is 1. The van der Waals surface area contributed by atoms with Crippen LogP contribution in [0.25, 0.3) is 0 Å². The fraction of sp³-hybridized carbons (Fsp3) is 0.188. The van der Waals surface area contributed by atoms with Crippen LogP contribution in [0.1, 0.15) is 34.5 Å². The molecule has 1 amide bonds. The van der Waals surface area contributed by atoms with Crippen molar-refractivity contribution in [3.8, 4) is 0 Å². The highest BCUT2D eigenvalue weighted by Crippen LogP contribution is 2.17. The quantitative estimate of drug-likeness (QED) is 0.843. The summed E-state index contributed by atoms with van der Waals surface area (Å²) in [6, 6.07) is 11.4. The second-order valence-corrected chi connectivity index (χ2v) is 4.83. The number of benzene rings is 2. The average Bonchev–Trinajstić information content (AvgIpc) is 2.41. The Morgan fingerprint density at radius 2 is 2.00 bits per heavy atom. The van der Waals surface area contributed by atoms with E-state index in [0.717, 1.165) is 5.56 Å². The molecule has 0 spiro atoms. The van der Waals surface area contributed by atoms with Crippen LogP contribution in [-0.2, 0) is 0 Å². The van der Waals surface area contributed by atoms with Gasteiger partial charge in [0.15, 0.2) is 0 Å². The lowest BCUT2D eigenvalue weighted by atomic mass is 10.1. The summed E-state index contributed by atoms with van der Waals surface area (Å²) in [6.07, 6.45) is 0. The molecule has 0 radical (unpaired) electrons. The van der Waals surface area contributed by atoms with E-state index in [-0.39, 0.29) is 17.8 Å². The van der Waals surface area contributed by atoms with Gasteiger partial charge in [-0.1, -0.05) is 18.2 Å². The molecule has 2 rings (SSSR count). The molecule has 4 heteroatoms. The Bertz CT molecular complexity index is 640. The lowest BCUT2D eigenvalue weighted by Crippen LogP contribution is -2.26. The molecule has 2 aromatic carbocycles. The molecule has 0 saturated carbocycles. The molecular weight excluding hydrogens is 255 g/mol.